The molecule has 1 N–H and O–H groups in total. The summed E-state index contributed by atoms with van der Waals surface area (Å²) in [5.74, 6) is 1.81. The minimum atomic E-state index is 0. The van der Waals surface area contributed by atoms with Crippen LogP contribution in [-0.4, -0.2) is 60.7 Å². The van der Waals surface area contributed by atoms with Gasteiger partial charge < -0.3 is 19.2 Å². The van der Waals surface area contributed by atoms with Crippen molar-refractivity contribution >= 4 is 23.4 Å². The van der Waals surface area contributed by atoms with Crippen molar-refractivity contribution < 1.29 is 8.94 Å². The number of furan rings is 1. The number of benzene rings is 1. The molecule has 0 aliphatic carbocycles. The summed E-state index contributed by atoms with van der Waals surface area (Å²) in [6.07, 6.45) is 0. The number of halogens is 1. The zero-order valence-corrected chi connectivity index (χ0v) is 16.0. The zero-order chi connectivity index (χ0) is 17.4. The van der Waals surface area contributed by atoms with Crippen LogP contribution in [0.25, 0.3) is 22.6 Å². The van der Waals surface area contributed by atoms with E-state index in [0.717, 1.165) is 42.7 Å². The number of hydrogen-bond donors (Lipinski definition) is 1. The average Bonchev–Trinajstić information content (AvgIpc) is 3.20. The number of fused-ring (bicyclic) bond motifs is 1. The molecule has 1 aliphatic rings. The van der Waals surface area contributed by atoms with Crippen molar-refractivity contribution in [1.29, 1.82) is 0 Å². The van der Waals surface area contributed by atoms with Gasteiger partial charge in [-0.15, -0.1) is 12.4 Å². The van der Waals surface area contributed by atoms with Crippen LogP contribution in [0.15, 0.2) is 33.2 Å². The minimum absolute atomic E-state index is 0. The van der Waals surface area contributed by atoms with E-state index in [1.807, 2.05) is 32.3 Å². The second kappa shape index (κ2) is 7.75. The van der Waals surface area contributed by atoms with E-state index < -0.39 is 0 Å². The smallest absolute Gasteiger partial charge is 0.294 e. The number of hydrogen-bond acceptors (Lipinski definition) is 7. The number of piperazine rings is 1. The lowest BCUT2D eigenvalue weighted by Gasteiger charge is -2.30. The van der Waals surface area contributed by atoms with Gasteiger partial charge in [-0.25, -0.2) is 0 Å². The summed E-state index contributed by atoms with van der Waals surface area (Å²) in [7, 11) is 6.15. The molecule has 26 heavy (non-hydrogen) atoms. The van der Waals surface area contributed by atoms with Crippen molar-refractivity contribution in [1.82, 2.24) is 25.3 Å². The van der Waals surface area contributed by atoms with Crippen LogP contribution in [0, 0.1) is 0 Å². The Morgan fingerprint density at radius 2 is 2.12 bits per heavy atom. The summed E-state index contributed by atoms with van der Waals surface area (Å²) in [4.78, 5) is 8.99. The van der Waals surface area contributed by atoms with Crippen molar-refractivity contribution in [3.8, 4) is 11.7 Å². The van der Waals surface area contributed by atoms with E-state index in [1.165, 1.54) is 0 Å². The fourth-order valence-corrected chi connectivity index (χ4v) is 3.30. The SMILES string of the molecule is CN(C)Cc1c(-c2nc(C3CNCCN3C)no2)oc2ccccc12.Cl. The predicted octanol–water partition coefficient (Wildman–Crippen LogP) is 2.54. The molecule has 0 bridgehead atoms. The first-order valence-electron chi connectivity index (χ1n) is 8.53. The molecule has 3 aromatic rings. The van der Waals surface area contributed by atoms with Gasteiger partial charge in [0.25, 0.3) is 5.89 Å². The van der Waals surface area contributed by atoms with Crippen LogP contribution in [0.5, 0.6) is 0 Å². The summed E-state index contributed by atoms with van der Waals surface area (Å²) in [6.45, 7) is 3.51. The molecule has 3 heterocycles. The van der Waals surface area contributed by atoms with Crippen LogP contribution in [-0.2, 0) is 6.54 Å². The molecule has 1 aliphatic heterocycles. The van der Waals surface area contributed by atoms with Crippen LogP contribution < -0.4 is 5.32 Å². The van der Waals surface area contributed by atoms with E-state index in [0.29, 0.717) is 17.5 Å². The Hall–Kier alpha value is -1.93. The van der Waals surface area contributed by atoms with Gasteiger partial charge in [-0.2, -0.15) is 4.98 Å². The van der Waals surface area contributed by atoms with Crippen LogP contribution in [0.1, 0.15) is 17.4 Å². The maximum absolute atomic E-state index is 6.06. The Bertz CT molecular complexity index is 875. The fourth-order valence-electron chi connectivity index (χ4n) is 3.30. The van der Waals surface area contributed by atoms with Crippen LogP contribution in [0.3, 0.4) is 0 Å². The van der Waals surface area contributed by atoms with E-state index >= 15 is 0 Å². The van der Waals surface area contributed by atoms with Gasteiger partial charge in [-0.05, 0) is 27.2 Å². The highest BCUT2D eigenvalue weighted by molar-refractivity contribution is 5.86. The molecular formula is C18H24ClN5O2. The third-order valence-corrected chi connectivity index (χ3v) is 4.62. The molecule has 1 fully saturated rings. The Balaban J connectivity index is 0.00000196. The molecule has 0 spiro atoms. The lowest BCUT2D eigenvalue weighted by atomic mass is 10.1. The molecule has 4 rings (SSSR count). The molecule has 0 radical (unpaired) electrons. The van der Waals surface area contributed by atoms with E-state index in [9.17, 15) is 0 Å². The van der Waals surface area contributed by atoms with Gasteiger partial charge in [0.15, 0.2) is 11.6 Å². The predicted molar refractivity (Wildman–Crippen MR) is 102 cm³/mol. The molecular weight excluding hydrogens is 354 g/mol. The maximum Gasteiger partial charge on any atom is 0.294 e. The Morgan fingerprint density at radius 3 is 2.88 bits per heavy atom. The molecule has 8 heteroatoms. The van der Waals surface area contributed by atoms with Gasteiger partial charge in [-0.3, -0.25) is 4.90 Å². The summed E-state index contributed by atoms with van der Waals surface area (Å²) in [6, 6.07) is 8.14. The van der Waals surface area contributed by atoms with E-state index in [2.05, 4.69) is 38.4 Å². The zero-order valence-electron chi connectivity index (χ0n) is 15.2. The van der Waals surface area contributed by atoms with E-state index in [-0.39, 0.29) is 18.4 Å². The largest absolute Gasteiger partial charge is 0.451 e. The number of likely N-dealkylation sites (N-methyl/N-ethyl adjacent to an activating group) is 1. The quantitative estimate of drug-likeness (QED) is 0.749. The molecule has 1 unspecified atom stereocenters. The molecule has 1 aromatic carbocycles. The first-order valence-corrected chi connectivity index (χ1v) is 8.53. The normalized spacial score (nSPS) is 18.4. The molecule has 0 saturated carbocycles. The van der Waals surface area contributed by atoms with Gasteiger partial charge in [0.1, 0.15) is 5.58 Å². The van der Waals surface area contributed by atoms with Crippen molar-refractivity contribution in [3.05, 3.63) is 35.7 Å². The van der Waals surface area contributed by atoms with Crippen LogP contribution in [0.4, 0.5) is 0 Å². The molecule has 140 valence electrons. The lowest BCUT2D eigenvalue weighted by Crippen LogP contribution is -2.44. The first-order chi connectivity index (χ1) is 12.1. The van der Waals surface area contributed by atoms with Gasteiger partial charge in [0, 0.05) is 37.1 Å². The fraction of sp³-hybridized carbons (Fsp3) is 0.444. The standard InChI is InChI=1S/C18H23N5O2.ClH/c1-22(2)11-13-12-6-4-5-7-15(12)24-16(13)18-20-17(21-25-18)14-10-19-8-9-23(14)3;/h4-7,14,19H,8-11H2,1-3H3;1H. The second-order valence-electron chi connectivity index (χ2n) is 6.80. The van der Waals surface area contributed by atoms with E-state index in [4.69, 9.17) is 8.94 Å². The molecule has 1 atom stereocenters. The Kier molecular flexibility index (Phi) is 5.62. The Morgan fingerprint density at radius 1 is 1.31 bits per heavy atom. The second-order valence-corrected chi connectivity index (χ2v) is 6.80. The monoisotopic (exact) mass is 377 g/mol. The molecule has 2 aromatic heterocycles. The van der Waals surface area contributed by atoms with Crippen LogP contribution in [0.2, 0.25) is 0 Å². The number of nitrogens with one attached hydrogen (secondary N) is 1. The summed E-state index contributed by atoms with van der Waals surface area (Å²) in [5.41, 5.74) is 1.91. The highest BCUT2D eigenvalue weighted by Gasteiger charge is 2.27. The lowest BCUT2D eigenvalue weighted by molar-refractivity contribution is 0.190. The number of para-hydroxylation sites is 1. The highest BCUT2D eigenvalue weighted by Crippen LogP contribution is 2.34. The highest BCUT2D eigenvalue weighted by atomic mass is 35.5. The minimum Gasteiger partial charge on any atom is -0.451 e. The van der Waals surface area contributed by atoms with Crippen molar-refractivity contribution in [2.75, 3.05) is 40.8 Å². The molecule has 1 saturated heterocycles. The average molecular weight is 378 g/mol. The van der Waals surface area contributed by atoms with Gasteiger partial charge in [-0.1, -0.05) is 23.4 Å². The summed E-state index contributed by atoms with van der Waals surface area (Å²) >= 11 is 0. The third kappa shape index (κ3) is 3.48. The molecule has 7 nitrogen and oxygen atoms in total. The van der Waals surface area contributed by atoms with Gasteiger partial charge in [0.2, 0.25) is 0 Å². The van der Waals surface area contributed by atoms with Gasteiger partial charge >= 0.3 is 0 Å². The first kappa shape index (κ1) is 18.8. The van der Waals surface area contributed by atoms with Crippen molar-refractivity contribution in [3.63, 3.8) is 0 Å². The van der Waals surface area contributed by atoms with Crippen molar-refractivity contribution in [2.45, 2.75) is 12.6 Å². The van der Waals surface area contributed by atoms with E-state index in [1.54, 1.807) is 0 Å². The third-order valence-electron chi connectivity index (χ3n) is 4.62. The number of rotatable bonds is 4. The number of nitrogens with zero attached hydrogens (tertiary/aromatic N) is 4. The maximum atomic E-state index is 6.06. The van der Waals surface area contributed by atoms with Crippen LogP contribution >= 0.6 is 12.4 Å². The summed E-state index contributed by atoms with van der Waals surface area (Å²) < 4.78 is 11.6. The Labute approximate surface area is 158 Å². The van der Waals surface area contributed by atoms with Gasteiger partial charge in [0.05, 0.1) is 6.04 Å². The molecule has 0 amide bonds. The van der Waals surface area contributed by atoms with Crippen molar-refractivity contribution in [2.24, 2.45) is 0 Å². The topological polar surface area (TPSA) is 70.6 Å². The summed E-state index contributed by atoms with van der Waals surface area (Å²) in [5, 5.41) is 8.68. The number of aromatic nitrogens is 2.